The van der Waals surface area contributed by atoms with Crippen molar-refractivity contribution in [1.29, 1.82) is 0 Å². The zero-order valence-electron chi connectivity index (χ0n) is 12.6. The first-order valence-corrected chi connectivity index (χ1v) is 6.31. The van der Waals surface area contributed by atoms with Gasteiger partial charge in [0.1, 0.15) is 0 Å². The van der Waals surface area contributed by atoms with Crippen LogP contribution in [0.2, 0.25) is 0 Å². The van der Waals surface area contributed by atoms with E-state index in [1.807, 2.05) is 20.8 Å². The fourth-order valence-electron chi connectivity index (χ4n) is 1.38. The zero-order chi connectivity index (χ0) is 17.3. The molecule has 0 unspecified atom stereocenters. The second kappa shape index (κ2) is 6.04. The van der Waals surface area contributed by atoms with Gasteiger partial charge < -0.3 is 4.74 Å². The van der Waals surface area contributed by atoms with Gasteiger partial charge >= 0.3 is 18.3 Å². The minimum Gasteiger partial charge on any atom is -0.442 e. The minimum absolute atomic E-state index is 0.123. The predicted octanol–water partition coefficient (Wildman–Crippen LogP) is 4.88. The van der Waals surface area contributed by atoms with Crippen LogP contribution in [0, 0.1) is 10.8 Å². The van der Waals surface area contributed by atoms with E-state index in [-0.39, 0.29) is 11.8 Å². The van der Waals surface area contributed by atoms with E-state index in [4.69, 9.17) is 0 Å². The predicted molar refractivity (Wildman–Crippen MR) is 64.5 cm³/mol. The Hall–Kier alpha value is -0.950. The molecule has 0 atom stereocenters. The summed E-state index contributed by atoms with van der Waals surface area (Å²) in [7, 11) is 0. The van der Waals surface area contributed by atoms with Gasteiger partial charge in [-0.05, 0) is 32.1 Å². The van der Waals surface area contributed by atoms with Crippen LogP contribution in [0.1, 0.15) is 47.5 Å². The molecule has 0 fully saturated rings. The molecule has 0 heterocycles. The third-order valence-electron chi connectivity index (χ3n) is 2.87. The van der Waals surface area contributed by atoms with Crippen LogP contribution in [0.5, 0.6) is 0 Å². The Kier molecular flexibility index (Phi) is 5.77. The minimum atomic E-state index is -5.69. The molecule has 8 heteroatoms. The molecule has 0 spiro atoms. The highest BCUT2D eigenvalue weighted by atomic mass is 19.4. The van der Waals surface area contributed by atoms with Crippen molar-refractivity contribution in [3.05, 3.63) is 0 Å². The van der Waals surface area contributed by atoms with Crippen molar-refractivity contribution in [1.82, 2.24) is 0 Å². The molecule has 0 aromatic carbocycles. The number of carbonyl (C=O) groups excluding carboxylic acids is 1. The van der Waals surface area contributed by atoms with E-state index in [1.165, 1.54) is 13.8 Å². The Morgan fingerprint density at radius 2 is 1.24 bits per heavy atom. The number of esters is 1. The van der Waals surface area contributed by atoms with Crippen molar-refractivity contribution < 1.29 is 35.9 Å². The van der Waals surface area contributed by atoms with Crippen molar-refractivity contribution in [3.8, 4) is 0 Å². The average molecular weight is 322 g/mol. The maximum absolute atomic E-state index is 12.3. The molecule has 0 saturated heterocycles. The topological polar surface area (TPSA) is 26.3 Å². The number of ether oxygens (including phenoxy) is 1. The van der Waals surface area contributed by atoms with Gasteiger partial charge in [0, 0.05) is 0 Å². The normalized spacial score (nSPS) is 14.5. The van der Waals surface area contributed by atoms with Gasteiger partial charge in [-0.25, -0.2) is 0 Å². The van der Waals surface area contributed by atoms with Gasteiger partial charge in [0.15, 0.2) is 0 Å². The number of hydrogen-bond donors (Lipinski definition) is 0. The number of carbonyl (C=O) groups is 1. The quantitative estimate of drug-likeness (QED) is 0.545. The Labute approximate surface area is 119 Å². The van der Waals surface area contributed by atoms with Gasteiger partial charge in [-0.1, -0.05) is 20.8 Å². The lowest BCUT2D eigenvalue weighted by atomic mass is 9.80. The molecule has 0 aromatic heterocycles. The Morgan fingerprint density at radius 1 is 0.857 bits per heavy atom. The van der Waals surface area contributed by atoms with Gasteiger partial charge in [-0.2, -0.15) is 26.3 Å². The SMILES string of the molecule is CC(C)(C)CCC(C)(C)C(=O)OC(C(F)(F)F)C(F)(F)F. The van der Waals surface area contributed by atoms with Crippen LogP contribution in [-0.2, 0) is 9.53 Å². The molecule has 0 N–H and O–H groups in total. The lowest BCUT2D eigenvalue weighted by Gasteiger charge is -2.30. The molecule has 0 bridgehead atoms. The lowest BCUT2D eigenvalue weighted by Crippen LogP contribution is -2.47. The third kappa shape index (κ3) is 7.04. The highest BCUT2D eigenvalue weighted by Gasteiger charge is 2.60. The second-order valence-electron chi connectivity index (χ2n) is 6.81. The summed E-state index contributed by atoms with van der Waals surface area (Å²) in [6.45, 7) is 8.09. The summed E-state index contributed by atoms with van der Waals surface area (Å²) < 4.78 is 77.8. The van der Waals surface area contributed by atoms with Gasteiger partial charge in [-0.15, -0.1) is 0 Å². The monoisotopic (exact) mass is 322 g/mol. The van der Waals surface area contributed by atoms with E-state index in [0.29, 0.717) is 6.42 Å². The largest absolute Gasteiger partial charge is 0.442 e. The van der Waals surface area contributed by atoms with Crippen molar-refractivity contribution >= 4 is 5.97 Å². The molecule has 0 aliphatic rings. The molecule has 21 heavy (non-hydrogen) atoms. The maximum Gasteiger partial charge on any atom is 0.434 e. The van der Waals surface area contributed by atoms with Crippen molar-refractivity contribution in [2.45, 2.75) is 65.9 Å². The van der Waals surface area contributed by atoms with Crippen LogP contribution < -0.4 is 0 Å². The molecule has 0 amide bonds. The molecule has 0 aromatic rings. The van der Waals surface area contributed by atoms with Crippen molar-refractivity contribution in [3.63, 3.8) is 0 Å². The van der Waals surface area contributed by atoms with Gasteiger partial charge in [0.2, 0.25) is 0 Å². The van der Waals surface area contributed by atoms with Gasteiger partial charge in [0.05, 0.1) is 5.41 Å². The molecule has 2 nitrogen and oxygen atoms in total. The molecule has 126 valence electrons. The summed E-state index contributed by atoms with van der Waals surface area (Å²) >= 11 is 0. The first-order chi connectivity index (χ1) is 8.97. The number of rotatable bonds is 4. The lowest BCUT2D eigenvalue weighted by molar-refractivity contribution is -0.315. The van der Waals surface area contributed by atoms with Crippen molar-refractivity contribution in [2.24, 2.45) is 10.8 Å². The molecule has 0 aliphatic carbocycles. The zero-order valence-corrected chi connectivity index (χ0v) is 12.6. The fourth-order valence-corrected chi connectivity index (χ4v) is 1.38. The Bertz CT molecular complexity index is 348. The van der Waals surface area contributed by atoms with Crippen LogP contribution in [0.3, 0.4) is 0 Å². The summed E-state index contributed by atoms with van der Waals surface area (Å²) in [5.74, 6) is -1.51. The van der Waals surface area contributed by atoms with E-state index >= 15 is 0 Å². The van der Waals surface area contributed by atoms with E-state index in [2.05, 4.69) is 4.74 Å². The molecule has 0 rings (SSSR count). The van der Waals surface area contributed by atoms with Crippen LogP contribution in [0.15, 0.2) is 0 Å². The summed E-state index contributed by atoms with van der Waals surface area (Å²) in [4.78, 5) is 11.7. The van der Waals surface area contributed by atoms with Crippen LogP contribution in [0.25, 0.3) is 0 Å². The molecular weight excluding hydrogens is 302 g/mol. The van der Waals surface area contributed by atoms with Crippen molar-refractivity contribution in [2.75, 3.05) is 0 Å². The highest BCUT2D eigenvalue weighted by Crippen LogP contribution is 2.38. The molecular formula is C13H20F6O2. The maximum atomic E-state index is 12.3. The number of hydrogen-bond acceptors (Lipinski definition) is 2. The van der Waals surface area contributed by atoms with E-state index in [0.717, 1.165) is 0 Å². The fraction of sp³-hybridized carbons (Fsp3) is 0.923. The summed E-state index contributed by atoms with van der Waals surface area (Å²) in [5, 5.41) is 0. The first-order valence-electron chi connectivity index (χ1n) is 6.31. The van der Waals surface area contributed by atoms with Gasteiger partial charge in [0.25, 0.3) is 6.10 Å². The van der Waals surface area contributed by atoms with E-state index in [1.54, 1.807) is 0 Å². The smallest absolute Gasteiger partial charge is 0.434 e. The molecule has 0 saturated carbocycles. The standard InChI is InChI=1S/C13H20F6O2/c1-10(2,3)6-7-11(4,5)9(20)21-8(12(14,15)16)13(17,18)19/h8H,6-7H2,1-5H3. The summed E-state index contributed by atoms with van der Waals surface area (Å²) in [5.41, 5.74) is -1.63. The Morgan fingerprint density at radius 3 is 1.52 bits per heavy atom. The highest BCUT2D eigenvalue weighted by molar-refractivity contribution is 5.76. The number of alkyl halides is 6. The average Bonchev–Trinajstić information content (AvgIpc) is 2.18. The van der Waals surface area contributed by atoms with E-state index < -0.39 is 29.8 Å². The molecule has 0 aliphatic heterocycles. The van der Waals surface area contributed by atoms with Gasteiger partial charge in [-0.3, -0.25) is 4.79 Å². The van der Waals surface area contributed by atoms with Crippen LogP contribution in [0.4, 0.5) is 26.3 Å². The number of halogens is 6. The van der Waals surface area contributed by atoms with Crippen LogP contribution in [-0.4, -0.2) is 24.4 Å². The third-order valence-corrected chi connectivity index (χ3v) is 2.87. The van der Waals surface area contributed by atoms with E-state index in [9.17, 15) is 31.1 Å². The first kappa shape index (κ1) is 20.1. The Balaban J connectivity index is 4.99. The summed E-state index contributed by atoms with van der Waals surface area (Å²) in [6.07, 6.45) is -14.9. The molecule has 0 radical (unpaired) electrons. The summed E-state index contributed by atoms with van der Waals surface area (Å²) in [6, 6.07) is 0. The second-order valence-corrected chi connectivity index (χ2v) is 6.81. The van der Waals surface area contributed by atoms with Crippen LogP contribution >= 0.6 is 0 Å².